The summed E-state index contributed by atoms with van der Waals surface area (Å²) in [6.07, 6.45) is 6.66. The molecule has 0 spiro atoms. The number of rotatable bonds is 4. The van der Waals surface area contributed by atoms with E-state index in [1.807, 2.05) is 6.07 Å². The van der Waals surface area contributed by atoms with E-state index in [0.717, 1.165) is 12.1 Å². The number of hydrogen-bond donors (Lipinski definition) is 1. The Balaban J connectivity index is 1.82. The molecule has 3 heteroatoms. The molecule has 1 fully saturated rings. The van der Waals surface area contributed by atoms with Crippen LogP contribution in [-0.4, -0.2) is 6.54 Å². The van der Waals surface area contributed by atoms with E-state index in [4.69, 9.17) is 11.6 Å². The van der Waals surface area contributed by atoms with Crippen molar-refractivity contribution < 1.29 is 4.39 Å². The summed E-state index contributed by atoms with van der Waals surface area (Å²) in [7, 11) is 0. The van der Waals surface area contributed by atoms with Crippen LogP contribution in [0.4, 0.5) is 4.39 Å². The Bertz CT molecular complexity index is 399. The van der Waals surface area contributed by atoms with Crippen molar-refractivity contribution in [2.45, 2.75) is 45.6 Å². The molecule has 0 bridgehead atoms. The predicted molar refractivity (Wildman–Crippen MR) is 74.3 cm³/mol. The fraction of sp³-hybridized carbons (Fsp3) is 0.600. The molecule has 0 aromatic heterocycles. The molecule has 1 nitrogen and oxygen atoms in total. The lowest BCUT2D eigenvalue weighted by atomic mass is 9.76. The lowest BCUT2D eigenvalue weighted by Gasteiger charge is -2.33. The maximum atomic E-state index is 13.3. The average Bonchev–Trinajstić information content (AvgIpc) is 2.34. The summed E-state index contributed by atoms with van der Waals surface area (Å²) in [5.74, 6) is -0.333. The van der Waals surface area contributed by atoms with Crippen LogP contribution in [0.25, 0.3) is 0 Å². The van der Waals surface area contributed by atoms with Gasteiger partial charge in [-0.05, 0) is 36.0 Å². The molecule has 0 amide bonds. The first-order chi connectivity index (χ1) is 8.59. The normalized spacial score (nSPS) is 18.8. The molecule has 0 saturated heterocycles. The first-order valence-corrected chi connectivity index (χ1v) is 7.12. The van der Waals surface area contributed by atoms with Crippen LogP contribution in [0.2, 0.25) is 5.02 Å². The van der Waals surface area contributed by atoms with Crippen LogP contribution in [-0.2, 0) is 6.54 Å². The summed E-state index contributed by atoms with van der Waals surface area (Å²) >= 11 is 5.66. The van der Waals surface area contributed by atoms with Gasteiger partial charge in [-0.1, -0.05) is 43.9 Å². The van der Waals surface area contributed by atoms with E-state index in [2.05, 4.69) is 12.2 Å². The van der Waals surface area contributed by atoms with Gasteiger partial charge < -0.3 is 5.32 Å². The van der Waals surface area contributed by atoms with Gasteiger partial charge in [0.05, 0.1) is 5.02 Å². The second-order valence-electron chi connectivity index (χ2n) is 5.72. The molecule has 100 valence electrons. The van der Waals surface area contributed by atoms with Gasteiger partial charge in [-0.2, -0.15) is 0 Å². The van der Waals surface area contributed by atoms with Crippen LogP contribution in [0.5, 0.6) is 0 Å². The van der Waals surface area contributed by atoms with Gasteiger partial charge in [0, 0.05) is 13.1 Å². The standard InChI is InChI=1S/C15H21ClFN/c1-15(7-3-2-4-8-15)11-18-10-12-5-6-13(16)14(17)9-12/h5-6,9,18H,2-4,7-8,10-11H2,1H3. The third-order valence-electron chi connectivity index (χ3n) is 3.93. The molecule has 1 N–H and O–H groups in total. The minimum atomic E-state index is -0.333. The molecule has 0 heterocycles. The van der Waals surface area contributed by atoms with Crippen molar-refractivity contribution >= 4 is 11.6 Å². The fourth-order valence-corrected chi connectivity index (χ4v) is 2.86. The van der Waals surface area contributed by atoms with E-state index in [0.29, 0.717) is 12.0 Å². The van der Waals surface area contributed by atoms with Crippen LogP contribution in [0.1, 0.15) is 44.6 Å². The third-order valence-corrected chi connectivity index (χ3v) is 4.23. The van der Waals surface area contributed by atoms with Gasteiger partial charge >= 0.3 is 0 Å². The van der Waals surface area contributed by atoms with Crippen LogP contribution < -0.4 is 5.32 Å². The van der Waals surface area contributed by atoms with Crippen molar-refractivity contribution in [3.05, 3.63) is 34.6 Å². The van der Waals surface area contributed by atoms with Crippen LogP contribution in [0.3, 0.4) is 0 Å². The summed E-state index contributed by atoms with van der Waals surface area (Å²) in [6.45, 7) is 4.07. The van der Waals surface area contributed by atoms with Crippen LogP contribution >= 0.6 is 11.6 Å². The SMILES string of the molecule is CC1(CNCc2ccc(Cl)c(F)c2)CCCCC1. The minimum absolute atomic E-state index is 0.193. The summed E-state index contributed by atoms with van der Waals surface area (Å²) in [4.78, 5) is 0. The van der Waals surface area contributed by atoms with Crippen molar-refractivity contribution in [1.82, 2.24) is 5.32 Å². The van der Waals surface area contributed by atoms with E-state index in [1.165, 1.54) is 38.2 Å². The van der Waals surface area contributed by atoms with Gasteiger partial charge in [0.2, 0.25) is 0 Å². The molecule has 1 aromatic rings. The molecule has 18 heavy (non-hydrogen) atoms. The summed E-state index contributed by atoms with van der Waals surface area (Å²) in [5.41, 5.74) is 1.37. The van der Waals surface area contributed by atoms with E-state index < -0.39 is 0 Å². The van der Waals surface area contributed by atoms with E-state index in [-0.39, 0.29) is 10.8 Å². The van der Waals surface area contributed by atoms with Crippen LogP contribution in [0, 0.1) is 11.2 Å². The Morgan fingerprint density at radius 2 is 2.00 bits per heavy atom. The number of halogens is 2. The first kappa shape index (κ1) is 13.8. The molecule has 0 aliphatic heterocycles. The van der Waals surface area contributed by atoms with Gasteiger partial charge in [0.15, 0.2) is 0 Å². The second kappa shape index (κ2) is 6.03. The maximum absolute atomic E-state index is 13.3. The smallest absolute Gasteiger partial charge is 0.142 e. The number of benzene rings is 1. The Labute approximate surface area is 114 Å². The van der Waals surface area contributed by atoms with Crippen LogP contribution in [0.15, 0.2) is 18.2 Å². The van der Waals surface area contributed by atoms with Crippen molar-refractivity contribution in [2.75, 3.05) is 6.54 Å². The molecule has 1 aliphatic carbocycles. The monoisotopic (exact) mass is 269 g/mol. The van der Waals surface area contributed by atoms with Gasteiger partial charge in [0.25, 0.3) is 0 Å². The maximum Gasteiger partial charge on any atom is 0.142 e. The van der Waals surface area contributed by atoms with E-state index in [9.17, 15) is 4.39 Å². The zero-order valence-electron chi connectivity index (χ0n) is 10.9. The summed E-state index contributed by atoms with van der Waals surface area (Å²) in [6, 6.07) is 5.01. The van der Waals surface area contributed by atoms with Gasteiger partial charge in [-0.3, -0.25) is 0 Å². The highest BCUT2D eigenvalue weighted by Crippen LogP contribution is 2.34. The fourth-order valence-electron chi connectivity index (χ4n) is 2.74. The van der Waals surface area contributed by atoms with Crippen molar-refractivity contribution in [3.8, 4) is 0 Å². The second-order valence-corrected chi connectivity index (χ2v) is 6.13. The zero-order chi connectivity index (χ0) is 13.0. The molecular weight excluding hydrogens is 249 g/mol. The van der Waals surface area contributed by atoms with Crippen molar-refractivity contribution in [3.63, 3.8) is 0 Å². The van der Waals surface area contributed by atoms with Crippen molar-refractivity contribution in [1.29, 1.82) is 0 Å². The molecule has 1 aromatic carbocycles. The largest absolute Gasteiger partial charge is 0.312 e. The molecule has 0 unspecified atom stereocenters. The quantitative estimate of drug-likeness (QED) is 0.846. The number of hydrogen-bond acceptors (Lipinski definition) is 1. The third kappa shape index (κ3) is 3.69. The highest BCUT2D eigenvalue weighted by atomic mass is 35.5. The molecule has 1 saturated carbocycles. The lowest BCUT2D eigenvalue weighted by molar-refractivity contribution is 0.207. The molecule has 0 atom stereocenters. The van der Waals surface area contributed by atoms with Gasteiger partial charge in [-0.15, -0.1) is 0 Å². The molecule has 2 rings (SSSR count). The Hall–Kier alpha value is -0.600. The zero-order valence-corrected chi connectivity index (χ0v) is 11.7. The Morgan fingerprint density at radius 1 is 1.28 bits per heavy atom. The Kier molecular flexibility index (Phi) is 4.63. The van der Waals surface area contributed by atoms with E-state index >= 15 is 0 Å². The average molecular weight is 270 g/mol. The van der Waals surface area contributed by atoms with Gasteiger partial charge in [-0.25, -0.2) is 4.39 Å². The van der Waals surface area contributed by atoms with Gasteiger partial charge in [0.1, 0.15) is 5.82 Å². The summed E-state index contributed by atoms with van der Waals surface area (Å²) < 4.78 is 13.3. The molecular formula is C15H21ClFN. The predicted octanol–water partition coefficient (Wildman–Crippen LogP) is 4.54. The topological polar surface area (TPSA) is 12.0 Å². The van der Waals surface area contributed by atoms with Crippen molar-refractivity contribution in [2.24, 2.45) is 5.41 Å². The minimum Gasteiger partial charge on any atom is -0.312 e. The highest BCUT2D eigenvalue weighted by Gasteiger charge is 2.25. The van der Waals surface area contributed by atoms with E-state index in [1.54, 1.807) is 6.07 Å². The molecule has 1 aliphatic rings. The first-order valence-electron chi connectivity index (χ1n) is 6.74. The highest BCUT2D eigenvalue weighted by molar-refractivity contribution is 6.30. The lowest BCUT2D eigenvalue weighted by Crippen LogP contribution is -2.33. The Morgan fingerprint density at radius 3 is 2.67 bits per heavy atom. The molecule has 0 radical (unpaired) electrons. The number of nitrogens with one attached hydrogen (secondary N) is 1. The summed E-state index contributed by atoms with van der Waals surface area (Å²) in [5, 5.41) is 3.64.